The Morgan fingerprint density at radius 1 is 1.39 bits per heavy atom. The van der Waals surface area contributed by atoms with E-state index >= 15 is 0 Å². The first-order valence-electron chi connectivity index (χ1n) is 9.27. The molecule has 3 aromatic heterocycles. The molecule has 1 amide bonds. The number of pyridine rings is 1. The molecule has 0 unspecified atom stereocenters. The number of amides is 1. The number of fused-ring (bicyclic) bond motifs is 1. The van der Waals surface area contributed by atoms with Gasteiger partial charge in [0.15, 0.2) is 0 Å². The Morgan fingerprint density at radius 2 is 2.29 bits per heavy atom. The molecule has 0 radical (unpaired) electrons. The molecule has 10 heteroatoms. The van der Waals surface area contributed by atoms with Crippen LogP contribution in [0.4, 0.5) is 11.4 Å². The van der Waals surface area contributed by atoms with Crippen LogP contribution in [-0.4, -0.2) is 52.2 Å². The van der Waals surface area contributed by atoms with Gasteiger partial charge >= 0.3 is 0 Å². The molecule has 9 nitrogen and oxygen atoms in total. The van der Waals surface area contributed by atoms with E-state index < -0.39 is 5.91 Å². The monoisotopic (exact) mass is 401 g/mol. The third kappa shape index (κ3) is 3.78. The smallest absolute Gasteiger partial charge is 0.260 e. The number of carbonyl (C=O) groups excluding carboxylic acids is 1. The van der Waals surface area contributed by atoms with Crippen molar-refractivity contribution < 1.29 is 9.53 Å². The number of nitrogen functional groups attached to an aromatic ring is 1. The van der Waals surface area contributed by atoms with Gasteiger partial charge in [0, 0.05) is 25.5 Å². The predicted octanol–water partition coefficient (Wildman–Crippen LogP) is 1.50. The van der Waals surface area contributed by atoms with E-state index in [-0.39, 0.29) is 0 Å². The fourth-order valence-electron chi connectivity index (χ4n) is 3.66. The van der Waals surface area contributed by atoms with Crippen molar-refractivity contribution in [3.05, 3.63) is 29.5 Å². The van der Waals surface area contributed by atoms with Gasteiger partial charge in [0.1, 0.15) is 9.71 Å². The highest BCUT2D eigenvalue weighted by atomic mass is 32.1. The number of primary amides is 1. The number of ether oxygens (including phenoxy) is 1. The fourth-order valence-corrected chi connectivity index (χ4v) is 4.59. The molecule has 1 fully saturated rings. The normalized spacial score (nSPS) is 17.3. The van der Waals surface area contributed by atoms with Crippen molar-refractivity contribution in [1.29, 1.82) is 0 Å². The Labute approximate surface area is 166 Å². The SMILES string of the molecule is NC(=O)c1sc2nccc(N3CCC[C@H](COCCn4ccnn4)C3)c2c1N. The zero-order valence-corrected chi connectivity index (χ0v) is 16.3. The number of nitrogens with zero attached hydrogens (tertiary/aromatic N) is 5. The van der Waals surface area contributed by atoms with Crippen LogP contribution in [0.25, 0.3) is 10.2 Å². The number of thiophene rings is 1. The van der Waals surface area contributed by atoms with Gasteiger partial charge in [0.2, 0.25) is 0 Å². The summed E-state index contributed by atoms with van der Waals surface area (Å²) in [6.07, 6.45) is 7.45. The van der Waals surface area contributed by atoms with Crippen molar-refractivity contribution in [2.45, 2.75) is 19.4 Å². The van der Waals surface area contributed by atoms with E-state index in [1.807, 2.05) is 12.3 Å². The topological polar surface area (TPSA) is 125 Å². The van der Waals surface area contributed by atoms with Crippen molar-refractivity contribution >= 4 is 38.8 Å². The van der Waals surface area contributed by atoms with E-state index in [2.05, 4.69) is 20.2 Å². The third-order valence-electron chi connectivity index (χ3n) is 4.98. The van der Waals surface area contributed by atoms with Crippen LogP contribution < -0.4 is 16.4 Å². The van der Waals surface area contributed by atoms with Crippen molar-refractivity contribution in [1.82, 2.24) is 20.0 Å². The first-order chi connectivity index (χ1) is 13.6. The minimum Gasteiger partial charge on any atom is -0.397 e. The lowest BCUT2D eigenvalue weighted by Gasteiger charge is -2.34. The van der Waals surface area contributed by atoms with Crippen molar-refractivity contribution in [3.8, 4) is 0 Å². The maximum absolute atomic E-state index is 11.6. The van der Waals surface area contributed by atoms with E-state index in [9.17, 15) is 4.79 Å². The molecule has 0 aromatic carbocycles. The van der Waals surface area contributed by atoms with E-state index in [1.165, 1.54) is 11.3 Å². The summed E-state index contributed by atoms with van der Waals surface area (Å²) in [6.45, 7) is 3.83. The molecule has 1 saturated heterocycles. The predicted molar refractivity (Wildman–Crippen MR) is 108 cm³/mol. The molecule has 148 valence electrons. The Balaban J connectivity index is 1.43. The molecule has 1 aliphatic rings. The average molecular weight is 401 g/mol. The number of aromatic nitrogens is 4. The highest BCUT2D eigenvalue weighted by Crippen LogP contribution is 2.39. The summed E-state index contributed by atoms with van der Waals surface area (Å²) in [7, 11) is 0. The van der Waals surface area contributed by atoms with Crippen molar-refractivity contribution in [2.75, 3.05) is 36.9 Å². The van der Waals surface area contributed by atoms with E-state index in [4.69, 9.17) is 16.2 Å². The fraction of sp³-hybridized carbons (Fsp3) is 0.444. The Bertz CT molecular complexity index is 956. The van der Waals surface area contributed by atoms with Gasteiger partial charge in [0.05, 0.1) is 42.7 Å². The average Bonchev–Trinajstić information content (AvgIpc) is 3.33. The van der Waals surface area contributed by atoms with E-state index in [0.717, 1.165) is 41.8 Å². The lowest BCUT2D eigenvalue weighted by Crippen LogP contribution is -2.37. The summed E-state index contributed by atoms with van der Waals surface area (Å²) in [4.78, 5) is 19.5. The summed E-state index contributed by atoms with van der Waals surface area (Å²) in [5, 5.41) is 8.55. The van der Waals surface area contributed by atoms with Crippen LogP contribution in [0.2, 0.25) is 0 Å². The minimum absolute atomic E-state index is 0.375. The molecule has 0 bridgehead atoms. The molecule has 3 aromatic rings. The molecule has 0 aliphatic carbocycles. The highest BCUT2D eigenvalue weighted by Gasteiger charge is 2.25. The Morgan fingerprint density at radius 3 is 3.07 bits per heavy atom. The molecule has 0 spiro atoms. The molecular formula is C18H23N7O2S. The number of hydrogen-bond acceptors (Lipinski definition) is 8. The van der Waals surface area contributed by atoms with Crippen LogP contribution in [0.15, 0.2) is 24.7 Å². The van der Waals surface area contributed by atoms with Crippen molar-refractivity contribution in [3.63, 3.8) is 0 Å². The third-order valence-corrected chi connectivity index (χ3v) is 6.11. The Kier molecular flexibility index (Phi) is 5.40. The summed E-state index contributed by atoms with van der Waals surface area (Å²) >= 11 is 1.25. The molecule has 1 atom stereocenters. The minimum atomic E-state index is -0.510. The van der Waals surface area contributed by atoms with Gasteiger partial charge in [-0.1, -0.05) is 5.21 Å². The second kappa shape index (κ2) is 8.11. The van der Waals surface area contributed by atoms with Crippen LogP contribution in [0.1, 0.15) is 22.5 Å². The van der Waals surface area contributed by atoms with Gasteiger partial charge in [-0.15, -0.1) is 16.4 Å². The zero-order chi connectivity index (χ0) is 19.5. The number of piperidine rings is 1. The second-order valence-corrected chi connectivity index (χ2v) is 7.91. The Hall–Kier alpha value is -2.72. The van der Waals surface area contributed by atoms with Crippen LogP contribution in [0.3, 0.4) is 0 Å². The molecule has 28 heavy (non-hydrogen) atoms. The van der Waals surface area contributed by atoms with Gasteiger partial charge in [0.25, 0.3) is 5.91 Å². The van der Waals surface area contributed by atoms with Gasteiger partial charge in [-0.2, -0.15) is 0 Å². The number of anilines is 2. The lowest BCUT2D eigenvalue weighted by atomic mass is 9.98. The van der Waals surface area contributed by atoms with Gasteiger partial charge < -0.3 is 21.1 Å². The lowest BCUT2D eigenvalue weighted by molar-refractivity contribution is 0.0856. The number of carbonyl (C=O) groups is 1. The maximum atomic E-state index is 11.6. The summed E-state index contributed by atoms with van der Waals surface area (Å²) in [5.41, 5.74) is 13.1. The van der Waals surface area contributed by atoms with Gasteiger partial charge in [-0.25, -0.2) is 4.98 Å². The van der Waals surface area contributed by atoms with E-state index in [0.29, 0.717) is 36.2 Å². The van der Waals surface area contributed by atoms with Crippen molar-refractivity contribution in [2.24, 2.45) is 11.7 Å². The first-order valence-corrected chi connectivity index (χ1v) is 10.1. The van der Waals surface area contributed by atoms with Gasteiger partial charge in [-0.3, -0.25) is 9.48 Å². The zero-order valence-electron chi connectivity index (χ0n) is 15.5. The van der Waals surface area contributed by atoms with Crippen LogP contribution in [-0.2, 0) is 11.3 Å². The first kappa shape index (κ1) is 18.6. The van der Waals surface area contributed by atoms with E-state index in [1.54, 1.807) is 17.1 Å². The summed E-state index contributed by atoms with van der Waals surface area (Å²) < 4.78 is 7.63. The molecule has 4 N–H and O–H groups in total. The molecule has 4 heterocycles. The summed E-state index contributed by atoms with van der Waals surface area (Å²) in [6, 6.07) is 1.96. The number of nitrogens with two attached hydrogens (primary N) is 2. The number of rotatable bonds is 7. The standard InChI is InChI=1S/C18H23N7O2S/c19-15-14-13(3-4-21-18(14)28-16(15)17(20)26)24-6-1-2-12(10-24)11-27-9-8-25-7-5-22-23-25/h3-5,7,12H,1-2,6,8-11,19H2,(H2,20,26)/t12-/m0/s1. The maximum Gasteiger partial charge on any atom is 0.260 e. The summed E-state index contributed by atoms with van der Waals surface area (Å²) in [5.74, 6) is -0.0769. The molecule has 1 aliphatic heterocycles. The second-order valence-electron chi connectivity index (χ2n) is 6.91. The highest BCUT2D eigenvalue weighted by molar-refractivity contribution is 7.21. The largest absolute Gasteiger partial charge is 0.397 e. The molecular weight excluding hydrogens is 378 g/mol. The van der Waals surface area contributed by atoms with Crippen LogP contribution >= 0.6 is 11.3 Å². The molecule has 0 saturated carbocycles. The van der Waals surface area contributed by atoms with Crippen LogP contribution in [0.5, 0.6) is 0 Å². The van der Waals surface area contributed by atoms with Gasteiger partial charge in [-0.05, 0) is 24.8 Å². The van der Waals surface area contributed by atoms with Crippen LogP contribution in [0, 0.1) is 5.92 Å². The number of hydrogen-bond donors (Lipinski definition) is 2. The quantitative estimate of drug-likeness (QED) is 0.575. The molecule has 4 rings (SSSR count).